The zero-order valence-corrected chi connectivity index (χ0v) is 11.2. The Hall–Kier alpha value is -0.910. The predicted molar refractivity (Wildman–Crippen MR) is 72.9 cm³/mol. The average molecular weight is 262 g/mol. The summed E-state index contributed by atoms with van der Waals surface area (Å²) >= 11 is 1.71. The molecule has 0 radical (unpaired) electrons. The topological polar surface area (TPSA) is 32.6 Å². The molecule has 0 aromatic carbocycles. The van der Waals surface area contributed by atoms with Crippen LogP contribution in [0, 0.1) is 5.92 Å². The number of nitrogens with one attached hydrogen (secondary N) is 1. The summed E-state index contributed by atoms with van der Waals surface area (Å²) in [6, 6.07) is 0.735. The van der Waals surface area contributed by atoms with E-state index in [4.69, 9.17) is 4.98 Å². The SMILES string of the molecule is c1cn2cc(CN3CCCC4CNCC43)nc2s1. The third kappa shape index (κ3) is 1.77. The smallest absolute Gasteiger partial charge is 0.193 e. The number of rotatable bonds is 2. The van der Waals surface area contributed by atoms with Gasteiger partial charge in [0, 0.05) is 36.9 Å². The van der Waals surface area contributed by atoms with E-state index in [9.17, 15) is 0 Å². The quantitative estimate of drug-likeness (QED) is 0.892. The number of fused-ring (bicyclic) bond motifs is 2. The van der Waals surface area contributed by atoms with Crippen LogP contribution < -0.4 is 5.32 Å². The van der Waals surface area contributed by atoms with E-state index in [0.29, 0.717) is 0 Å². The molecule has 2 aromatic rings. The highest BCUT2D eigenvalue weighted by Gasteiger charge is 2.34. The van der Waals surface area contributed by atoms with Crippen molar-refractivity contribution in [1.29, 1.82) is 0 Å². The first-order valence-electron chi connectivity index (χ1n) is 6.76. The molecule has 96 valence electrons. The van der Waals surface area contributed by atoms with Gasteiger partial charge < -0.3 is 5.32 Å². The van der Waals surface area contributed by atoms with Gasteiger partial charge in [0.15, 0.2) is 4.96 Å². The van der Waals surface area contributed by atoms with E-state index in [0.717, 1.165) is 30.0 Å². The van der Waals surface area contributed by atoms with E-state index >= 15 is 0 Å². The maximum atomic E-state index is 4.70. The normalized spacial score (nSPS) is 28.9. The summed E-state index contributed by atoms with van der Waals surface area (Å²) in [6.45, 7) is 4.61. The minimum atomic E-state index is 0.735. The fourth-order valence-corrected chi connectivity index (χ4v) is 4.14. The molecular formula is C13H18N4S. The first kappa shape index (κ1) is 11.0. The molecule has 0 amide bonds. The Kier molecular flexibility index (Phi) is 2.64. The van der Waals surface area contributed by atoms with Crippen LogP contribution in [0.2, 0.25) is 0 Å². The Bertz CT molecular complexity index is 517. The molecule has 18 heavy (non-hydrogen) atoms. The fraction of sp³-hybridized carbons (Fsp3) is 0.615. The van der Waals surface area contributed by atoms with Gasteiger partial charge in [-0.25, -0.2) is 4.98 Å². The number of imidazole rings is 1. The molecule has 4 nitrogen and oxygen atoms in total. The maximum Gasteiger partial charge on any atom is 0.193 e. The van der Waals surface area contributed by atoms with E-state index in [1.807, 2.05) is 0 Å². The van der Waals surface area contributed by atoms with Gasteiger partial charge >= 0.3 is 0 Å². The van der Waals surface area contributed by atoms with Crippen molar-refractivity contribution in [2.75, 3.05) is 19.6 Å². The van der Waals surface area contributed by atoms with Crippen molar-refractivity contribution in [2.24, 2.45) is 5.92 Å². The number of thiazole rings is 1. The summed E-state index contributed by atoms with van der Waals surface area (Å²) in [5, 5.41) is 5.62. The lowest BCUT2D eigenvalue weighted by Crippen LogP contribution is -2.44. The van der Waals surface area contributed by atoms with E-state index in [2.05, 4.69) is 32.4 Å². The number of piperidine rings is 1. The van der Waals surface area contributed by atoms with Crippen molar-refractivity contribution >= 4 is 16.3 Å². The number of hydrogen-bond acceptors (Lipinski definition) is 4. The molecule has 4 rings (SSSR count). The Morgan fingerprint density at radius 1 is 1.44 bits per heavy atom. The minimum Gasteiger partial charge on any atom is -0.315 e. The lowest BCUT2D eigenvalue weighted by Gasteiger charge is -2.36. The Morgan fingerprint density at radius 2 is 2.44 bits per heavy atom. The summed E-state index contributed by atoms with van der Waals surface area (Å²) < 4.78 is 2.13. The molecule has 0 saturated carbocycles. The molecule has 1 N–H and O–H groups in total. The van der Waals surface area contributed by atoms with Gasteiger partial charge in [-0.1, -0.05) is 0 Å². The molecule has 2 unspecified atom stereocenters. The second-order valence-corrected chi connectivity index (χ2v) is 6.30. The van der Waals surface area contributed by atoms with Crippen molar-refractivity contribution in [1.82, 2.24) is 19.6 Å². The monoisotopic (exact) mass is 262 g/mol. The highest BCUT2D eigenvalue weighted by molar-refractivity contribution is 7.15. The van der Waals surface area contributed by atoms with Crippen LogP contribution in [0.4, 0.5) is 0 Å². The first-order chi connectivity index (χ1) is 8.90. The van der Waals surface area contributed by atoms with Crippen LogP contribution >= 0.6 is 11.3 Å². The van der Waals surface area contributed by atoms with Crippen molar-refractivity contribution in [2.45, 2.75) is 25.4 Å². The van der Waals surface area contributed by atoms with Crippen LogP contribution in [0.3, 0.4) is 0 Å². The largest absolute Gasteiger partial charge is 0.315 e. The van der Waals surface area contributed by atoms with E-state index < -0.39 is 0 Å². The number of nitrogens with zero attached hydrogens (tertiary/aromatic N) is 3. The van der Waals surface area contributed by atoms with Crippen molar-refractivity contribution in [3.05, 3.63) is 23.5 Å². The predicted octanol–water partition coefficient (Wildman–Crippen LogP) is 1.58. The molecule has 2 aromatic heterocycles. The second-order valence-electron chi connectivity index (χ2n) is 5.42. The summed E-state index contributed by atoms with van der Waals surface area (Å²) in [6.07, 6.45) is 7.00. The van der Waals surface area contributed by atoms with Gasteiger partial charge in [-0.15, -0.1) is 11.3 Å². The standard InChI is InChI=1S/C13H18N4S/c1-2-10-6-14-7-12(10)16(3-1)8-11-9-17-4-5-18-13(17)15-11/h4-5,9-10,12,14H,1-3,6-8H2. The summed E-state index contributed by atoms with van der Waals surface area (Å²) in [5.41, 5.74) is 1.22. The Balaban J connectivity index is 1.54. The van der Waals surface area contributed by atoms with Crippen LogP contribution in [-0.2, 0) is 6.54 Å². The summed E-state index contributed by atoms with van der Waals surface area (Å²) in [5.74, 6) is 0.863. The first-order valence-corrected chi connectivity index (χ1v) is 7.64. The van der Waals surface area contributed by atoms with Gasteiger partial charge in [-0.3, -0.25) is 9.30 Å². The van der Waals surface area contributed by atoms with Gasteiger partial charge in [0.2, 0.25) is 0 Å². The van der Waals surface area contributed by atoms with Gasteiger partial charge in [-0.2, -0.15) is 0 Å². The van der Waals surface area contributed by atoms with Crippen LogP contribution in [0.5, 0.6) is 0 Å². The number of likely N-dealkylation sites (tertiary alicyclic amines) is 1. The fourth-order valence-electron chi connectivity index (χ4n) is 3.42. The van der Waals surface area contributed by atoms with Gasteiger partial charge in [-0.05, 0) is 31.8 Å². The Labute approximate surface area is 111 Å². The van der Waals surface area contributed by atoms with Crippen molar-refractivity contribution < 1.29 is 0 Å². The van der Waals surface area contributed by atoms with Crippen molar-refractivity contribution in [3.8, 4) is 0 Å². The lowest BCUT2D eigenvalue weighted by atomic mass is 9.92. The molecule has 2 aliphatic rings. The molecule has 2 atom stereocenters. The van der Waals surface area contributed by atoms with Crippen LogP contribution in [0.25, 0.3) is 4.96 Å². The van der Waals surface area contributed by atoms with Gasteiger partial charge in [0.05, 0.1) is 5.69 Å². The van der Waals surface area contributed by atoms with E-state index in [1.54, 1.807) is 11.3 Å². The van der Waals surface area contributed by atoms with Gasteiger partial charge in [0.25, 0.3) is 0 Å². The zero-order chi connectivity index (χ0) is 11.9. The molecule has 4 heterocycles. The van der Waals surface area contributed by atoms with Crippen LogP contribution in [0.15, 0.2) is 17.8 Å². The Morgan fingerprint density at radius 3 is 3.39 bits per heavy atom. The summed E-state index contributed by atoms with van der Waals surface area (Å²) in [4.78, 5) is 8.44. The van der Waals surface area contributed by atoms with Crippen LogP contribution in [0.1, 0.15) is 18.5 Å². The lowest BCUT2D eigenvalue weighted by molar-refractivity contribution is 0.116. The van der Waals surface area contributed by atoms with Gasteiger partial charge in [0.1, 0.15) is 0 Å². The third-order valence-electron chi connectivity index (χ3n) is 4.30. The maximum absolute atomic E-state index is 4.70. The van der Waals surface area contributed by atoms with E-state index in [-0.39, 0.29) is 0 Å². The van der Waals surface area contributed by atoms with Crippen molar-refractivity contribution in [3.63, 3.8) is 0 Å². The molecule has 2 aliphatic heterocycles. The molecular weight excluding hydrogens is 244 g/mol. The molecule has 0 bridgehead atoms. The minimum absolute atomic E-state index is 0.735. The molecule has 0 spiro atoms. The molecule has 5 heteroatoms. The third-order valence-corrected chi connectivity index (χ3v) is 5.07. The number of hydrogen-bond donors (Lipinski definition) is 1. The summed E-state index contributed by atoms with van der Waals surface area (Å²) in [7, 11) is 0. The molecule has 2 fully saturated rings. The zero-order valence-electron chi connectivity index (χ0n) is 10.4. The second kappa shape index (κ2) is 4.33. The van der Waals surface area contributed by atoms with Crippen LogP contribution in [-0.4, -0.2) is 40.0 Å². The molecule has 2 saturated heterocycles. The molecule has 0 aliphatic carbocycles. The van der Waals surface area contributed by atoms with E-state index in [1.165, 1.54) is 31.6 Å². The highest BCUT2D eigenvalue weighted by atomic mass is 32.1. The highest BCUT2D eigenvalue weighted by Crippen LogP contribution is 2.27. The number of aromatic nitrogens is 2. The average Bonchev–Trinajstić information content (AvgIpc) is 3.01.